The Bertz CT molecular complexity index is 638. The van der Waals surface area contributed by atoms with E-state index in [1.54, 1.807) is 5.38 Å². The third-order valence-corrected chi connectivity index (χ3v) is 3.63. The third kappa shape index (κ3) is 4.96. The first-order valence-electron chi connectivity index (χ1n) is 7.12. The number of amides is 2. The van der Waals surface area contributed by atoms with Crippen molar-refractivity contribution >= 4 is 28.3 Å². The molecule has 0 unspecified atom stereocenters. The number of hydrogen-bond donors (Lipinski definition) is 2. The summed E-state index contributed by atoms with van der Waals surface area (Å²) in [5.41, 5.74) is 1.34. The fourth-order valence-corrected chi connectivity index (χ4v) is 2.55. The standard InChI is InChI=1S/C16H19N3O2S/c1-11(2)8-14(20)19-16-18-13(10-22-16)15(21)17-9-12-6-4-3-5-7-12/h3-7,10-11H,8-9H2,1-2H3,(H,17,21)(H,18,19,20). The number of nitrogens with one attached hydrogen (secondary N) is 2. The molecule has 0 aliphatic heterocycles. The summed E-state index contributed by atoms with van der Waals surface area (Å²) in [5, 5.41) is 7.62. The number of thiazole rings is 1. The number of rotatable bonds is 6. The fourth-order valence-electron chi connectivity index (χ4n) is 1.85. The SMILES string of the molecule is CC(C)CC(=O)Nc1nc(C(=O)NCc2ccccc2)cs1. The minimum Gasteiger partial charge on any atom is -0.347 e. The van der Waals surface area contributed by atoms with Crippen molar-refractivity contribution in [3.8, 4) is 0 Å². The van der Waals surface area contributed by atoms with E-state index < -0.39 is 0 Å². The maximum atomic E-state index is 12.0. The van der Waals surface area contributed by atoms with Crippen LogP contribution in [0.5, 0.6) is 0 Å². The first-order valence-corrected chi connectivity index (χ1v) is 8.00. The molecular weight excluding hydrogens is 298 g/mol. The quantitative estimate of drug-likeness (QED) is 0.860. The normalized spacial score (nSPS) is 10.5. The lowest BCUT2D eigenvalue weighted by Gasteiger charge is -2.04. The molecule has 2 rings (SSSR count). The van der Waals surface area contributed by atoms with E-state index in [1.807, 2.05) is 44.2 Å². The Kier molecular flexibility index (Phi) is 5.66. The van der Waals surface area contributed by atoms with Crippen molar-refractivity contribution in [2.75, 3.05) is 5.32 Å². The summed E-state index contributed by atoms with van der Waals surface area (Å²) < 4.78 is 0. The first kappa shape index (κ1) is 16.2. The zero-order chi connectivity index (χ0) is 15.9. The van der Waals surface area contributed by atoms with Crippen LogP contribution < -0.4 is 10.6 Å². The molecule has 116 valence electrons. The first-order chi connectivity index (χ1) is 10.5. The summed E-state index contributed by atoms with van der Waals surface area (Å²) in [5.74, 6) is -0.0429. The lowest BCUT2D eigenvalue weighted by atomic mass is 10.1. The molecule has 2 N–H and O–H groups in total. The van der Waals surface area contributed by atoms with E-state index in [-0.39, 0.29) is 17.7 Å². The van der Waals surface area contributed by atoms with Crippen molar-refractivity contribution in [3.05, 3.63) is 47.0 Å². The number of carbonyl (C=O) groups excluding carboxylic acids is 2. The maximum Gasteiger partial charge on any atom is 0.271 e. The molecule has 0 aliphatic rings. The molecule has 22 heavy (non-hydrogen) atoms. The molecule has 0 saturated heterocycles. The van der Waals surface area contributed by atoms with Gasteiger partial charge < -0.3 is 10.6 Å². The van der Waals surface area contributed by atoms with E-state index in [2.05, 4.69) is 15.6 Å². The summed E-state index contributed by atoms with van der Waals surface area (Å²) in [6.07, 6.45) is 0.440. The van der Waals surface area contributed by atoms with Gasteiger partial charge in [0.15, 0.2) is 5.13 Å². The van der Waals surface area contributed by atoms with E-state index in [0.29, 0.717) is 23.8 Å². The van der Waals surface area contributed by atoms with E-state index in [1.165, 1.54) is 11.3 Å². The molecule has 0 bridgehead atoms. The van der Waals surface area contributed by atoms with Gasteiger partial charge >= 0.3 is 0 Å². The predicted octanol–water partition coefficient (Wildman–Crippen LogP) is 3.06. The summed E-state index contributed by atoms with van der Waals surface area (Å²) in [6.45, 7) is 4.40. The van der Waals surface area contributed by atoms with Gasteiger partial charge in [-0.05, 0) is 11.5 Å². The van der Waals surface area contributed by atoms with Crippen LogP contribution in [0.3, 0.4) is 0 Å². The smallest absolute Gasteiger partial charge is 0.271 e. The molecule has 0 spiro atoms. The predicted molar refractivity (Wildman–Crippen MR) is 87.8 cm³/mol. The topological polar surface area (TPSA) is 71.1 Å². The molecule has 0 aliphatic carbocycles. The van der Waals surface area contributed by atoms with Gasteiger partial charge in [0.25, 0.3) is 5.91 Å². The van der Waals surface area contributed by atoms with Crippen LogP contribution >= 0.6 is 11.3 Å². The minimum atomic E-state index is -0.246. The number of benzene rings is 1. The van der Waals surface area contributed by atoms with E-state index in [9.17, 15) is 9.59 Å². The van der Waals surface area contributed by atoms with E-state index in [4.69, 9.17) is 0 Å². The number of carbonyl (C=O) groups is 2. The van der Waals surface area contributed by atoms with Gasteiger partial charge in [-0.15, -0.1) is 11.3 Å². The second-order valence-corrected chi connectivity index (χ2v) is 6.21. The van der Waals surface area contributed by atoms with Crippen molar-refractivity contribution in [1.82, 2.24) is 10.3 Å². The number of anilines is 1. The molecule has 0 saturated carbocycles. The molecule has 1 heterocycles. The zero-order valence-electron chi connectivity index (χ0n) is 12.6. The fraction of sp³-hybridized carbons (Fsp3) is 0.312. The molecular formula is C16H19N3O2S. The Morgan fingerprint density at radius 1 is 1.23 bits per heavy atom. The minimum absolute atomic E-state index is 0.0828. The van der Waals surface area contributed by atoms with E-state index >= 15 is 0 Å². The van der Waals surface area contributed by atoms with Gasteiger partial charge in [-0.25, -0.2) is 4.98 Å². The molecule has 2 aromatic rings. The highest BCUT2D eigenvalue weighted by molar-refractivity contribution is 7.14. The van der Waals surface area contributed by atoms with Crippen LogP contribution in [-0.4, -0.2) is 16.8 Å². The van der Waals surface area contributed by atoms with Crippen molar-refractivity contribution in [2.24, 2.45) is 5.92 Å². The summed E-state index contributed by atoms with van der Waals surface area (Å²) in [6, 6.07) is 9.66. The van der Waals surface area contributed by atoms with Crippen LogP contribution in [0, 0.1) is 5.92 Å². The Morgan fingerprint density at radius 3 is 2.64 bits per heavy atom. The van der Waals surface area contributed by atoms with Crippen LogP contribution in [0.2, 0.25) is 0 Å². The molecule has 5 nitrogen and oxygen atoms in total. The van der Waals surface area contributed by atoms with Crippen molar-refractivity contribution in [2.45, 2.75) is 26.8 Å². The van der Waals surface area contributed by atoms with Crippen LogP contribution in [-0.2, 0) is 11.3 Å². The number of nitrogens with zero attached hydrogens (tertiary/aromatic N) is 1. The van der Waals surface area contributed by atoms with Crippen LogP contribution in [0.1, 0.15) is 36.3 Å². The van der Waals surface area contributed by atoms with Gasteiger partial charge in [0.1, 0.15) is 5.69 Å². The van der Waals surface area contributed by atoms with Gasteiger partial charge in [0, 0.05) is 18.3 Å². The Balaban J connectivity index is 1.87. The van der Waals surface area contributed by atoms with Crippen molar-refractivity contribution in [1.29, 1.82) is 0 Å². The lowest BCUT2D eigenvalue weighted by molar-refractivity contribution is -0.116. The van der Waals surface area contributed by atoms with Gasteiger partial charge in [-0.2, -0.15) is 0 Å². The molecule has 1 aromatic heterocycles. The molecule has 0 radical (unpaired) electrons. The van der Waals surface area contributed by atoms with Crippen molar-refractivity contribution < 1.29 is 9.59 Å². The lowest BCUT2D eigenvalue weighted by Crippen LogP contribution is -2.23. The highest BCUT2D eigenvalue weighted by Gasteiger charge is 2.12. The number of hydrogen-bond acceptors (Lipinski definition) is 4. The van der Waals surface area contributed by atoms with Crippen LogP contribution in [0.25, 0.3) is 0 Å². The second kappa shape index (κ2) is 7.70. The largest absolute Gasteiger partial charge is 0.347 e. The Labute approximate surface area is 133 Å². The zero-order valence-corrected chi connectivity index (χ0v) is 13.4. The summed E-state index contributed by atoms with van der Waals surface area (Å²) in [4.78, 5) is 27.8. The molecule has 2 amide bonds. The van der Waals surface area contributed by atoms with Crippen LogP contribution in [0.15, 0.2) is 35.7 Å². The van der Waals surface area contributed by atoms with E-state index in [0.717, 1.165) is 5.56 Å². The molecule has 6 heteroatoms. The average Bonchev–Trinajstić information content (AvgIpc) is 2.93. The highest BCUT2D eigenvalue weighted by Crippen LogP contribution is 2.16. The van der Waals surface area contributed by atoms with Gasteiger partial charge in [0.05, 0.1) is 0 Å². The Hall–Kier alpha value is -2.21. The summed E-state index contributed by atoms with van der Waals surface area (Å²) in [7, 11) is 0. The van der Waals surface area contributed by atoms with Gasteiger partial charge in [-0.3, -0.25) is 9.59 Å². The maximum absolute atomic E-state index is 12.0. The number of aromatic nitrogens is 1. The molecule has 0 fully saturated rings. The third-order valence-electron chi connectivity index (χ3n) is 2.87. The monoisotopic (exact) mass is 317 g/mol. The van der Waals surface area contributed by atoms with Crippen molar-refractivity contribution in [3.63, 3.8) is 0 Å². The second-order valence-electron chi connectivity index (χ2n) is 5.35. The highest BCUT2D eigenvalue weighted by atomic mass is 32.1. The van der Waals surface area contributed by atoms with Gasteiger partial charge in [-0.1, -0.05) is 44.2 Å². The summed E-state index contributed by atoms with van der Waals surface area (Å²) >= 11 is 1.25. The average molecular weight is 317 g/mol. The van der Waals surface area contributed by atoms with Crippen LogP contribution in [0.4, 0.5) is 5.13 Å². The van der Waals surface area contributed by atoms with Gasteiger partial charge in [0.2, 0.25) is 5.91 Å². The Morgan fingerprint density at radius 2 is 1.95 bits per heavy atom. The molecule has 1 aromatic carbocycles. The molecule has 0 atom stereocenters.